The second-order valence-electron chi connectivity index (χ2n) is 8.93. The molecule has 2 aromatic heterocycles. The average Bonchev–Trinajstić information content (AvgIpc) is 3.41. The lowest BCUT2D eigenvalue weighted by atomic mass is 10.1. The van der Waals surface area contributed by atoms with Gasteiger partial charge in [-0.25, -0.2) is 4.98 Å². The number of nitro benzene ring substituents is 1. The molecule has 0 aliphatic carbocycles. The number of aromatic nitrogens is 2. The first-order valence-electron chi connectivity index (χ1n) is 11.7. The first kappa shape index (κ1) is 27.3. The molecule has 11 heteroatoms. The van der Waals surface area contributed by atoms with E-state index in [4.69, 9.17) is 16.0 Å². The monoisotopic (exact) mass is 597 g/mol. The molecule has 0 saturated carbocycles. The topological polar surface area (TPSA) is 117 Å². The number of nitrogens with one attached hydrogen (secondary N) is 2. The summed E-state index contributed by atoms with van der Waals surface area (Å²) in [7, 11) is 1.97. The highest BCUT2D eigenvalue weighted by Gasteiger charge is 2.16. The Morgan fingerprint density at radius 1 is 1.18 bits per heavy atom. The van der Waals surface area contributed by atoms with Crippen LogP contribution in [0.5, 0.6) is 0 Å². The number of halogens is 2. The number of carbonyl (C=O) groups excluding carboxylic acids is 1. The van der Waals surface area contributed by atoms with Crippen LogP contribution in [-0.4, -0.2) is 39.3 Å². The van der Waals surface area contributed by atoms with Crippen LogP contribution in [0.1, 0.15) is 27.5 Å². The van der Waals surface area contributed by atoms with Crippen molar-refractivity contribution in [2.45, 2.75) is 19.9 Å². The van der Waals surface area contributed by atoms with Crippen molar-refractivity contribution >= 4 is 67.9 Å². The molecule has 2 heterocycles. The minimum atomic E-state index is -0.453. The second-order valence-corrected chi connectivity index (χ2v) is 9.33. The highest BCUT2D eigenvalue weighted by Crippen LogP contribution is 2.27. The lowest BCUT2D eigenvalue weighted by Gasteiger charge is -2.14. The van der Waals surface area contributed by atoms with Crippen molar-refractivity contribution in [2.75, 3.05) is 18.9 Å². The summed E-state index contributed by atoms with van der Waals surface area (Å²) in [5.41, 5.74) is 5.28. The van der Waals surface area contributed by atoms with Crippen molar-refractivity contribution in [3.8, 4) is 0 Å². The number of fused-ring (bicyclic) bond motifs is 2. The number of amides is 1. The number of hydrogen-bond donors (Lipinski definition) is 2. The number of oxazole rings is 1. The number of carbonyl (C=O) groups is 1. The van der Waals surface area contributed by atoms with E-state index in [9.17, 15) is 14.9 Å². The molecule has 38 heavy (non-hydrogen) atoms. The molecular weight excluding hydrogens is 574 g/mol. The molecule has 196 valence electrons. The van der Waals surface area contributed by atoms with E-state index in [-0.39, 0.29) is 28.6 Å². The summed E-state index contributed by atoms with van der Waals surface area (Å²) in [5.74, 6) is 0.236. The third-order valence-corrected chi connectivity index (χ3v) is 6.60. The van der Waals surface area contributed by atoms with Crippen molar-refractivity contribution in [3.05, 3.63) is 98.5 Å². The lowest BCUT2D eigenvalue weighted by molar-refractivity contribution is -0.384. The number of aromatic amines is 1. The maximum absolute atomic E-state index is 12.7. The van der Waals surface area contributed by atoms with E-state index in [1.807, 2.05) is 32.2 Å². The van der Waals surface area contributed by atoms with Gasteiger partial charge in [0, 0.05) is 34.9 Å². The van der Waals surface area contributed by atoms with Gasteiger partial charge < -0.3 is 14.7 Å². The summed E-state index contributed by atoms with van der Waals surface area (Å²) in [6.07, 6.45) is 0.760. The van der Waals surface area contributed by atoms with Gasteiger partial charge in [-0.1, -0.05) is 23.7 Å². The number of hydrogen-bond acceptors (Lipinski definition) is 6. The molecule has 5 rings (SSSR count). The minimum Gasteiger partial charge on any atom is -0.439 e. The van der Waals surface area contributed by atoms with Crippen LogP contribution in [0.4, 0.5) is 11.4 Å². The Hall–Kier alpha value is -3.73. The number of nitrogens with zero attached hydrogens (tertiary/aromatic N) is 3. The van der Waals surface area contributed by atoms with Crippen LogP contribution in [0.15, 0.2) is 65.1 Å². The Kier molecular flexibility index (Phi) is 8.15. The molecule has 0 bridgehead atoms. The molecule has 0 spiro atoms. The fraction of sp³-hybridized carbons (Fsp3) is 0.185. The third kappa shape index (κ3) is 5.72. The lowest BCUT2D eigenvalue weighted by Crippen LogP contribution is -2.21. The molecule has 2 N–H and O–H groups in total. The predicted octanol–water partition coefficient (Wildman–Crippen LogP) is 6.68. The summed E-state index contributed by atoms with van der Waals surface area (Å²) in [6, 6.07) is 17.1. The third-order valence-electron chi connectivity index (χ3n) is 6.27. The molecule has 0 radical (unpaired) electrons. The van der Waals surface area contributed by atoms with Gasteiger partial charge in [0.05, 0.1) is 28.1 Å². The smallest absolute Gasteiger partial charge is 0.273 e. The summed E-state index contributed by atoms with van der Waals surface area (Å²) in [6.45, 7) is 3.22. The van der Waals surface area contributed by atoms with E-state index in [0.717, 1.165) is 35.1 Å². The van der Waals surface area contributed by atoms with E-state index in [1.165, 1.54) is 12.1 Å². The minimum absolute atomic E-state index is 0. The maximum Gasteiger partial charge on any atom is 0.273 e. The van der Waals surface area contributed by atoms with E-state index >= 15 is 0 Å². The first-order valence-corrected chi connectivity index (χ1v) is 12.1. The van der Waals surface area contributed by atoms with E-state index < -0.39 is 4.92 Å². The Balaban J connectivity index is 0.00000336. The van der Waals surface area contributed by atoms with Crippen molar-refractivity contribution in [3.63, 3.8) is 0 Å². The van der Waals surface area contributed by atoms with Gasteiger partial charge in [0.25, 0.3) is 11.6 Å². The number of nitro groups is 1. The van der Waals surface area contributed by atoms with Crippen molar-refractivity contribution in [2.24, 2.45) is 0 Å². The van der Waals surface area contributed by atoms with Crippen molar-refractivity contribution in [1.29, 1.82) is 0 Å². The van der Waals surface area contributed by atoms with Gasteiger partial charge in [-0.15, -0.1) is 17.0 Å². The summed E-state index contributed by atoms with van der Waals surface area (Å²) in [4.78, 5) is 33.2. The molecule has 9 nitrogen and oxygen atoms in total. The normalized spacial score (nSPS) is 11.2. The first-order chi connectivity index (χ1) is 17.8. The average molecular weight is 599 g/mol. The van der Waals surface area contributed by atoms with Crippen LogP contribution in [0.25, 0.3) is 22.0 Å². The predicted molar refractivity (Wildman–Crippen MR) is 153 cm³/mol. The largest absolute Gasteiger partial charge is 0.439 e. The number of likely N-dealkylation sites (N-methyl/N-ethyl adjacent to an activating group) is 1. The van der Waals surface area contributed by atoms with E-state index in [0.29, 0.717) is 39.8 Å². The standard InChI is InChI=1S/C27H24ClN5O4.BrH/c1-16-19(11-12-32(2)15-26-31-24-10-8-18(33(35)36)14-25(24)37-26)21-13-17(7-9-23(21)29-16)30-27(34)20-5-3-4-6-22(20)28;/h3-10,13-14,29H,11-12,15H2,1-2H3,(H,30,34);1H. The van der Waals surface area contributed by atoms with Gasteiger partial charge >= 0.3 is 0 Å². The van der Waals surface area contributed by atoms with Gasteiger partial charge in [0.1, 0.15) is 5.52 Å². The number of non-ortho nitro benzene ring substituents is 1. The van der Waals surface area contributed by atoms with Crippen LogP contribution >= 0.6 is 28.6 Å². The molecule has 0 aliphatic heterocycles. The van der Waals surface area contributed by atoms with Crippen LogP contribution in [0.2, 0.25) is 5.02 Å². The fourth-order valence-corrected chi connectivity index (χ4v) is 4.60. The van der Waals surface area contributed by atoms with Crippen molar-refractivity contribution < 1.29 is 14.1 Å². The zero-order chi connectivity index (χ0) is 26.1. The maximum atomic E-state index is 12.7. The SMILES string of the molecule is Br.Cc1[nH]c2ccc(NC(=O)c3ccccc3Cl)cc2c1CCN(C)Cc1nc2ccc([N+](=O)[O-])cc2o1. The quantitative estimate of drug-likeness (QED) is 0.152. The molecule has 5 aromatic rings. The zero-order valence-corrected chi connectivity index (χ0v) is 23.1. The Labute approximate surface area is 233 Å². The molecule has 0 fully saturated rings. The van der Waals surface area contributed by atoms with Gasteiger partial charge in [0.2, 0.25) is 5.89 Å². The number of H-pyrrole nitrogens is 1. The molecule has 0 aliphatic rings. The summed E-state index contributed by atoms with van der Waals surface area (Å²) in [5, 5.41) is 15.4. The van der Waals surface area contributed by atoms with E-state index in [1.54, 1.807) is 30.3 Å². The molecule has 0 saturated heterocycles. The molecule has 1 amide bonds. The Morgan fingerprint density at radius 2 is 1.97 bits per heavy atom. The number of benzene rings is 3. The number of anilines is 1. The van der Waals surface area contributed by atoms with Gasteiger partial charge in [-0.2, -0.15) is 0 Å². The molecule has 3 aromatic carbocycles. The zero-order valence-electron chi connectivity index (χ0n) is 20.7. The van der Waals surface area contributed by atoms with Gasteiger partial charge in [-0.3, -0.25) is 19.8 Å². The van der Waals surface area contributed by atoms with Gasteiger partial charge in [0.15, 0.2) is 5.58 Å². The Morgan fingerprint density at radius 3 is 2.74 bits per heavy atom. The number of rotatable bonds is 8. The van der Waals surface area contributed by atoms with Crippen LogP contribution in [-0.2, 0) is 13.0 Å². The molecular formula is C27H25BrClN5O4. The molecule has 0 atom stereocenters. The second kappa shape index (κ2) is 11.3. The summed E-state index contributed by atoms with van der Waals surface area (Å²) < 4.78 is 5.75. The summed E-state index contributed by atoms with van der Waals surface area (Å²) >= 11 is 6.17. The van der Waals surface area contributed by atoms with Crippen LogP contribution in [0.3, 0.4) is 0 Å². The highest BCUT2D eigenvalue weighted by atomic mass is 79.9. The fourth-order valence-electron chi connectivity index (χ4n) is 4.38. The highest BCUT2D eigenvalue weighted by molar-refractivity contribution is 8.93. The number of aryl methyl sites for hydroxylation is 1. The molecule has 0 unspecified atom stereocenters. The van der Waals surface area contributed by atoms with Crippen LogP contribution in [0, 0.1) is 17.0 Å². The van der Waals surface area contributed by atoms with Gasteiger partial charge in [-0.05, 0) is 62.4 Å². The van der Waals surface area contributed by atoms with Crippen LogP contribution < -0.4 is 5.32 Å². The van der Waals surface area contributed by atoms with E-state index in [2.05, 4.69) is 20.2 Å². The Bertz CT molecular complexity index is 1650. The van der Waals surface area contributed by atoms with Crippen molar-refractivity contribution in [1.82, 2.24) is 14.9 Å².